The number of hydrogen-bond donors (Lipinski definition) is 6. The molecule has 0 unspecified atom stereocenters. The number of benzene rings is 1. The molecule has 1 aromatic heterocycles. The number of rotatable bonds is 8. The van der Waals surface area contributed by atoms with Crippen molar-refractivity contribution in [2.45, 2.75) is 96.4 Å². The van der Waals surface area contributed by atoms with E-state index in [9.17, 15) is 28.8 Å². The number of hydrogen-bond acceptors (Lipinski definition) is 6. The molecule has 2 aliphatic heterocycles. The molecule has 2 fully saturated rings. The van der Waals surface area contributed by atoms with Crippen LogP contribution in [-0.4, -0.2) is 82.1 Å². The van der Waals surface area contributed by atoms with Crippen molar-refractivity contribution in [2.75, 3.05) is 6.54 Å². The van der Waals surface area contributed by atoms with Crippen molar-refractivity contribution in [3.05, 3.63) is 36.0 Å². The van der Waals surface area contributed by atoms with Crippen LogP contribution in [-0.2, 0) is 35.2 Å². The Bertz CT molecular complexity index is 1440. The Morgan fingerprint density at radius 1 is 0.889 bits per heavy atom. The van der Waals surface area contributed by atoms with Gasteiger partial charge in [-0.05, 0) is 49.1 Å². The molecular weight excluding hydrogens is 578 g/mol. The van der Waals surface area contributed by atoms with Gasteiger partial charge in [-0.25, -0.2) is 0 Å². The molecule has 2 saturated heterocycles. The first-order valence-corrected chi connectivity index (χ1v) is 15.7. The van der Waals surface area contributed by atoms with E-state index in [1.807, 2.05) is 38.1 Å². The van der Waals surface area contributed by atoms with E-state index in [4.69, 9.17) is 5.73 Å². The number of aromatic nitrogens is 1. The summed E-state index contributed by atoms with van der Waals surface area (Å²) in [4.78, 5) is 85.0. The second-order valence-corrected chi connectivity index (χ2v) is 12.8. The third-order valence-corrected chi connectivity index (χ3v) is 8.45. The highest BCUT2D eigenvalue weighted by Gasteiger charge is 2.41. The van der Waals surface area contributed by atoms with E-state index in [-0.39, 0.29) is 37.5 Å². The number of amides is 6. The zero-order valence-corrected chi connectivity index (χ0v) is 26.4. The van der Waals surface area contributed by atoms with Crippen molar-refractivity contribution in [2.24, 2.45) is 17.6 Å². The van der Waals surface area contributed by atoms with Gasteiger partial charge < -0.3 is 36.9 Å². The maximum atomic E-state index is 13.9. The zero-order chi connectivity index (χ0) is 32.8. The fourth-order valence-electron chi connectivity index (χ4n) is 6.05. The van der Waals surface area contributed by atoms with Gasteiger partial charge in [0.25, 0.3) is 0 Å². The van der Waals surface area contributed by atoms with Crippen LogP contribution in [0.1, 0.15) is 65.4 Å². The highest BCUT2D eigenvalue weighted by molar-refractivity contribution is 5.98. The zero-order valence-electron chi connectivity index (χ0n) is 26.4. The second kappa shape index (κ2) is 14.6. The lowest BCUT2D eigenvalue weighted by atomic mass is 9.98. The maximum Gasteiger partial charge on any atom is 0.246 e. The molecule has 0 bridgehead atoms. The minimum atomic E-state index is -1.20. The Hall–Kier alpha value is -4.42. The molecule has 7 N–H and O–H groups in total. The van der Waals surface area contributed by atoms with Crippen LogP contribution in [0, 0.1) is 11.8 Å². The summed E-state index contributed by atoms with van der Waals surface area (Å²) in [5.74, 6) is -3.70. The average Bonchev–Trinajstić information content (AvgIpc) is 3.63. The predicted octanol–water partition coefficient (Wildman–Crippen LogP) is 0.622. The highest BCUT2D eigenvalue weighted by atomic mass is 16.2. The number of nitrogens with zero attached hydrogens (tertiary/aromatic N) is 1. The molecule has 2 aliphatic rings. The normalized spacial score (nSPS) is 25.3. The van der Waals surface area contributed by atoms with E-state index < -0.39 is 65.7 Å². The first kappa shape index (κ1) is 33.5. The Kier molecular flexibility index (Phi) is 10.8. The minimum Gasteiger partial charge on any atom is -0.370 e. The van der Waals surface area contributed by atoms with Gasteiger partial charge >= 0.3 is 0 Å². The lowest BCUT2D eigenvalue weighted by molar-refractivity contribution is -0.143. The van der Waals surface area contributed by atoms with Crippen molar-refractivity contribution in [3.8, 4) is 0 Å². The summed E-state index contributed by atoms with van der Waals surface area (Å²) >= 11 is 0. The number of H-pyrrole nitrogens is 1. The molecule has 0 saturated carbocycles. The van der Waals surface area contributed by atoms with Crippen LogP contribution in [0.3, 0.4) is 0 Å². The van der Waals surface area contributed by atoms with Crippen LogP contribution >= 0.6 is 0 Å². The summed E-state index contributed by atoms with van der Waals surface area (Å²) in [6.07, 6.45) is 2.79. The smallest absolute Gasteiger partial charge is 0.246 e. The molecule has 4 rings (SSSR count). The van der Waals surface area contributed by atoms with E-state index in [2.05, 4.69) is 26.3 Å². The minimum absolute atomic E-state index is 0.0148. The third-order valence-electron chi connectivity index (χ3n) is 8.45. The number of aromatic amines is 1. The van der Waals surface area contributed by atoms with Gasteiger partial charge in [0.1, 0.15) is 30.2 Å². The molecular formula is C32H45N7O6. The number of primary amides is 1. The fraction of sp³-hybridized carbons (Fsp3) is 0.562. The molecule has 1 aromatic carbocycles. The average molecular weight is 624 g/mol. The van der Waals surface area contributed by atoms with Gasteiger partial charge in [0, 0.05) is 36.5 Å². The molecule has 0 spiro atoms. The molecule has 3 heterocycles. The van der Waals surface area contributed by atoms with Gasteiger partial charge in [-0.15, -0.1) is 0 Å². The largest absolute Gasteiger partial charge is 0.370 e. The van der Waals surface area contributed by atoms with Gasteiger partial charge in [0.15, 0.2) is 0 Å². The van der Waals surface area contributed by atoms with Gasteiger partial charge in [-0.3, -0.25) is 28.8 Å². The molecule has 5 atom stereocenters. The standard InChI is InChI=1S/C32H45N7O6/c1-17(2)14-23-30(43)38-27(18(3)4)32(45)39-13-7-10-25(39)31(44)35-22(11-12-26(33)40)28(41)37-24(29(42)36-23)15-19-16-34-21-9-6-5-8-20(19)21/h5-6,8-9,16-18,22-25,27,34H,7,10-15H2,1-4H3,(H2,33,40)(H,35,44)(H,36,42)(H,37,41)(H,38,43)/t22-,23+,24-,25+,27-/m0/s1. The van der Waals surface area contributed by atoms with Crippen LogP contribution in [0.4, 0.5) is 0 Å². The highest BCUT2D eigenvalue weighted by Crippen LogP contribution is 2.22. The predicted molar refractivity (Wildman–Crippen MR) is 167 cm³/mol. The molecule has 13 nitrogen and oxygen atoms in total. The summed E-state index contributed by atoms with van der Waals surface area (Å²) in [6, 6.07) is 2.42. The number of nitrogens with one attached hydrogen (secondary N) is 5. The molecule has 13 heteroatoms. The summed E-state index contributed by atoms with van der Waals surface area (Å²) in [7, 11) is 0. The Labute approximate surface area is 262 Å². The molecule has 2 aromatic rings. The molecule has 0 aliphatic carbocycles. The number of fused-ring (bicyclic) bond motifs is 2. The monoisotopic (exact) mass is 623 g/mol. The van der Waals surface area contributed by atoms with Crippen molar-refractivity contribution in [3.63, 3.8) is 0 Å². The van der Waals surface area contributed by atoms with E-state index in [1.165, 1.54) is 4.90 Å². The third kappa shape index (κ3) is 8.20. The van der Waals surface area contributed by atoms with E-state index in [1.54, 1.807) is 20.0 Å². The van der Waals surface area contributed by atoms with Crippen LogP contribution in [0.25, 0.3) is 10.9 Å². The van der Waals surface area contributed by atoms with Gasteiger partial charge in [0.2, 0.25) is 35.4 Å². The van der Waals surface area contributed by atoms with E-state index >= 15 is 0 Å². The van der Waals surface area contributed by atoms with Crippen LogP contribution < -0.4 is 27.0 Å². The lowest BCUT2D eigenvalue weighted by Crippen LogP contribution is -2.59. The summed E-state index contributed by atoms with van der Waals surface area (Å²) < 4.78 is 0. The quantitative estimate of drug-likeness (QED) is 0.249. The summed E-state index contributed by atoms with van der Waals surface area (Å²) in [5.41, 5.74) is 7.00. The van der Waals surface area contributed by atoms with E-state index in [0.717, 1.165) is 16.5 Å². The van der Waals surface area contributed by atoms with Crippen molar-refractivity contribution in [1.82, 2.24) is 31.2 Å². The summed E-state index contributed by atoms with van der Waals surface area (Å²) in [6.45, 7) is 7.75. The van der Waals surface area contributed by atoms with Gasteiger partial charge in [0.05, 0.1) is 0 Å². The number of para-hydroxylation sites is 1. The number of carbonyl (C=O) groups excluding carboxylic acids is 6. The van der Waals surface area contributed by atoms with E-state index in [0.29, 0.717) is 19.4 Å². The number of nitrogens with two attached hydrogens (primary N) is 1. The molecule has 244 valence electrons. The van der Waals surface area contributed by atoms with Gasteiger partial charge in [-0.1, -0.05) is 45.9 Å². The van der Waals surface area contributed by atoms with Crippen LogP contribution in [0.15, 0.2) is 30.5 Å². The number of carbonyl (C=O) groups is 6. The van der Waals surface area contributed by atoms with Crippen molar-refractivity contribution in [1.29, 1.82) is 0 Å². The first-order chi connectivity index (χ1) is 21.3. The molecule has 6 amide bonds. The summed E-state index contributed by atoms with van der Waals surface area (Å²) in [5, 5.41) is 12.0. The SMILES string of the molecule is CC(C)C[C@H]1NC(=O)[C@H](Cc2c[nH]c3ccccc23)NC(=O)[C@H](CCC(N)=O)NC(=O)[C@H]2CCCN2C(=O)[C@H](C(C)C)NC1=O. The lowest BCUT2D eigenvalue weighted by Gasteiger charge is -2.32. The maximum absolute atomic E-state index is 13.9. The Morgan fingerprint density at radius 3 is 2.22 bits per heavy atom. The Balaban J connectivity index is 1.75. The fourth-order valence-corrected chi connectivity index (χ4v) is 6.05. The Morgan fingerprint density at radius 2 is 1.53 bits per heavy atom. The van der Waals surface area contributed by atoms with Crippen molar-refractivity contribution < 1.29 is 28.8 Å². The molecule has 45 heavy (non-hydrogen) atoms. The topological polar surface area (TPSA) is 196 Å². The van der Waals surface area contributed by atoms with Crippen LogP contribution in [0.5, 0.6) is 0 Å². The van der Waals surface area contributed by atoms with Crippen LogP contribution in [0.2, 0.25) is 0 Å². The van der Waals surface area contributed by atoms with Crippen molar-refractivity contribution >= 4 is 46.3 Å². The first-order valence-electron chi connectivity index (χ1n) is 15.7. The second-order valence-electron chi connectivity index (χ2n) is 12.8. The molecule has 0 radical (unpaired) electrons. The van der Waals surface area contributed by atoms with Gasteiger partial charge in [-0.2, -0.15) is 0 Å².